The number of hydrogen-bond acceptors (Lipinski definition) is 2. The SMILES string of the molecule is O=C(F)[C@@](F)(OC(F)(F)C(F)(F)Br)C(F)(F)F. The standard InChI is InChI=1S/C5BrF9O2/c6-3(9,10)5(14,15)17-2(8,1(7)16)4(11,12)13/t2-/m1/s1. The zero-order valence-electron chi connectivity index (χ0n) is 7.10. The first-order valence-electron chi connectivity index (χ1n) is 3.25. The predicted molar refractivity (Wildman–Crippen MR) is 35.9 cm³/mol. The van der Waals surface area contributed by atoms with E-state index in [1.165, 1.54) is 0 Å². The third-order valence-corrected chi connectivity index (χ3v) is 1.68. The lowest BCUT2D eigenvalue weighted by atomic mass is 10.3. The Hall–Kier alpha value is -0.520. The van der Waals surface area contributed by atoms with E-state index in [0.29, 0.717) is 0 Å². The minimum Gasteiger partial charge on any atom is -0.261 e. The van der Waals surface area contributed by atoms with Crippen molar-refractivity contribution >= 4 is 22.0 Å². The van der Waals surface area contributed by atoms with E-state index < -0.39 is 29.0 Å². The average molecular weight is 343 g/mol. The minimum absolute atomic E-state index is 0.892. The van der Waals surface area contributed by atoms with Crippen molar-refractivity contribution in [2.45, 2.75) is 23.0 Å². The van der Waals surface area contributed by atoms with Gasteiger partial charge in [0, 0.05) is 15.9 Å². The zero-order chi connectivity index (χ0) is 14.3. The van der Waals surface area contributed by atoms with E-state index in [4.69, 9.17) is 0 Å². The van der Waals surface area contributed by atoms with Crippen LogP contribution in [0.25, 0.3) is 0 Å². The van der Waals surface area contributed by atoms with E-state index in [1.807, 2.05) is 4.74 Å². The van der Waals surface area contributed by atoms with Crippen LogP contribution < -0.4 is 0 Å². The quantitative estimate of drug-likeness (QED) is 0.445. The van der Waals surface area contributed by atoms with Crippen LogP contribution in [0.1, 0.15) is 0 Å². The molecule has 0 unspecified atom stereocenters. The summed E-state index contributed by atoms with van der Waals surface area (Å²) in [5, 5.41) is 0. The molecule has 0 amide bonds. The van der Waals surface area contributed by atoms with Crippen molar-refractivity contribution < 1.29 is 49.0 Å². The third-order valence-electron chi connectivity index (χ3n) is 1.22. The van der Waals surface area contributed by atoms with Crippen LogP contribution in [0.5, 0.6) is 0 Å². The Bertz CT molecular complexity index is 307. The van der Waals surface area contributed by atoms with Crippen LogP contribution in [0, 0.1) is 0 Å². The summed E-state index contributed by atoms with van der Waals surface area (Å²) in [5.41, 5.74) is 0. The van der Waals surface area contributed by atoms with Gasteiger partial charge in [0.25, 0.3) is 0 Å². The van der Waals surface area contributed by atoms with Crippen LogP contribution in [-0.2, 0) is 9.53 Å². The molecule has 0 aliphatic carbocycles. The van der Waals surface area contributed by atoms with E-state index in [2.05, 4.69) is 0 Å². The van der Waals surface area contributed by atoms with Crippen LogP contribution in [0.15, 0.2) is 0 Å². The summed E-state index contributed by atoms with van der Waals surface area (Å²) < 4.78 is 110. The Morgan fingerprint density at radius 1 is 0.941 bits per heavy atom. The van der Waals surface area contributed by atoms with Crippen molar-refractivity contribution in [2.75, 3.05) is 0 Å². The highest BCUT2D eigenvalue weighted by Gasteiger charge is 2.72. The molecule has 102 valence electrons. The van der Waals surface area contributed by atoms with Gasteiger partial charge in [0.15, 0.2) is 0 Å². The maximum atomic E-state index is 12.5. The molecule has 0 aromatic heterocycles. The molecule has 0 N–H and O–H groups in total. The van der Waals surface area contributed by atoms with Gasteiger partial charge in [-0.1, -0.05) is 0 Å². The van der Waals surface area contributed by atoms with Gasteiger partial charge in [-0.05, 0) is 0 Å². The van der Waals surface area contributed by atoms with Gasteiger partial charge in [0.05, 0.1) is 0 Å². The van der Waals surface area contributed by atoms with Gasteiger partial charge in [0.2, 0.25) is 0 Å². The molecular formula is C5BrF9O2. The Kier molecular flexibility index (Phi) is 4.17. The zero-order valence-corrected chi connectivity index (χ0v) is 8.68. The number of alkyl halides is 9. The Morgan fingerprint density at radius 3 is 1.47 bits per heavy atom. The fraction of sp³-hybridized carbons (Fsp3) is 0.800. The second-order valence-corrected chi connectivity index (χ2v) is 3.48. The second kappa shape index (κ2) is 4.30. The Morgan fingerprint density at radius 2 is 1.29 bits per heavy atom. The lowest BCUT2D eigenvalue weighted by Crippen LogP contribution is -2.55. The molecule has 0 rings (SSSR count). The third kappa shape index (κ3) is 3.24. The van der Waals surface area contributed by atoms with Crippen LogP contribution in [0.2, 0.25) is 0 Å². The van der Waals surface area contributed by atoms with E-state index in [1.54, 1.807) is 0 Å². The summed E-state index contributed by atoms with van der Waals surface area (Å²) in [6.07, 6.45) is -12.7. The van der Waals surface area contributed by atoms with Gasteiger partial charge in [-0.3, -0.25) is 9.53 Å². The summed E-state index contributed by atoms with van der Waals surface area (Å²) >= 11 is 0.892. The van der Waals surface area contributed by atoms with Gasteiger partial charge in [0.1, 0.15) is 0 Å². The Labute approximate surface area is 94.8 Å². The maximum Gasteiger partial charge on any atom is 0.459 e. The van der Waals surface area contributed by atoms with E-state index in [-0.39, 0.29) is 0 Å². The molecule has 2 nitrogen and oxygen atoms in total. The van der Waals surface area contributed by atoms with Crippen molar-refractivity contribution in [1.29, 1.82) is 0 Å². The van der Waals surface area contributed by atoms with Crippen LogP contribution in [-0.4, -0.2) is 29.0 Å². The molecule has 1 atom stereocenters. The molecule has 0 fully saturated rings. The first kappa shape index (κ1) is 16.5. The molecular weight excluding hydrogens is 343 g/mol. The van der Waals surface area contributed by atoms with Gasteiger partial charge < -0.3 is 0 Å². The molecule has 0 heterocycles. The number of carbonyl (C=O) groups excluding carboxylic acids is 1. The summed E-state index contributed by atoms with van der Waals surface area (Å²) in [5.74, 6) is -6.19. The van der Waals surface area contributed by atoms with E-state index in [9.17, 15) is 44.3 Å². The number of hydrogen-bond donors (Lipinski definition) is 0. The van der Waals surface area contributed by atoms with Crippen LogP contribution in [0.4, 0.5) is 39.5 Å². The molecule has 17 heavy (non-hydrogen) atoms. The molecule has 0 aliphatic heterocycles. The van der Waals surface area contributed by atoms with Gasteiger partial charge in [-0.2, -0.15) is 39.5 Å². The lowest BCUT2D eigenvalue weighted by molar-refractivity contribution is -0.422. The first-order valence-corrected chi connectivity index (χ1v) is 4.05. The molecule has 0 saturated heterocycles. The number of ether oxygens (including phenoxy) is 1. The molecule has 0 bridgehead atoms. The normalized spacial score (nSPS) is 17.8. The fourth-order valence-electron chi connectivity index (χ4n) is 0.444. The predicted octanol–water partition coefficient (Wildman–Crippen LogP) is 3.31. The maximum absolute atomic E-state index is 12.5. The first-order chi connectivity index (χ1) is 7.15. The van der Waals surface area contributed by atoms with Crippen molar-refractivity contribution in [1.82, 2.24) is 0 Å². The molecule has 0 radical (unpaired) electrons. The topological polar surface area (TPSA) is 26.3 Å². The Balaban J connectivity index is 5.39. The van der Waals surface area contributed by atoms with Crippen molar-refractivity contribution in [2.24, 2.45) is 0 Å². The van der Waals surface area contributed by atoms with Crippen molar-refractivity contribution in [3.63, 3.8) is 0 Å². The largest absolute Gasteiger partial charge is 0.459 e. The molecule has 12 heteroatoms. The highest BCUT2D eigenvalue weighted by Crippen LogP contribution is 2.47. The van der Waals surface area contributed by atoms with Gasteiger partial charge in [-0.15, -0.1) is 0 Å². The molecule has 0 spiro atoms. The molecule has 0 aromatic carbocycles. The summed E-state index contributed by atoms with van der Waals surface area (Å²) in [6.45, 7) is 0. The molecule has 0 aliphatic rings. The summed E-state index contributed by atoms with van der Waals surface area (Å²) in [6, 6.07) is -4.04. The van der Waals surface area contributed by atoms with Crippen LogP contribution >= 0.6 is 15.9 Å². The highest BCUT2D eigenvalue weighted by atomic mass is 79.9. The summed E-state index contributed by atoms with van der Waals surface area (Å²) in [7, 11) is 0. The summed E-state index contributed by atoms with van der Waals surface area (Å²) in [4.78, 5) is 4.19. The number of rotatable bonds is 4. The molecule has 0 aromatic rings. The van der Waals surface area contributed by atoms with Gasteiger partial charge >= 0.3 is 29.0 Å². The fourth-order valence-corrected chi connectivity index (χ4v) is 0.525. The van der Waals surface area contributed by atoms with Crippen molar-refractivity contribution in [3.05, 3.63) is 0 Å². The van der Waals surface area contributed by atoms with E-state index in [0.717, 1.165) is 15.9 Å². The number of halogens is 10. The molecule has 0 saturated carbocycles. The average Bonchev–Trinajstić information content (AvgIpc) is 1.98. The highest BCUT2D eigenvalue weighted by molar-refractivity contribution is 9.10. The second-order valence-electron chi connectivity index (χ2n) is 2.48. The van der Waals surface area contributed by atoms with E-state index >= 15 is 0 Å². The van der Waals surface area contributed by atoms with Crippen LogP contribution in [0.3, 0.4) is 0 Å². The smallest absolute Gasteiger partial charge is 0.261 e. The lowest BCUT2D eigenvalue weighted by Gasteiger charge is -2.29. The number of carbonyl (C=O) groups is 1. The van der Waals surface area contributed by atoms with Gasteiger partial charge in [-0.25, -0.2) is 0 Å². The minimum atomic E-state index is -6.60. The monoisotopic (exact) mass is 342 g/mol. The van der Waals surface area contributed by atoms with Crippen molar-refractivity contribution in [3.8, 4) is 0 Å².